The Morgan fingerprint density at radius 1 is 0.264 bits per heavy atom. The molecule has 1 heterocycles. The Morgan fingerprint density at radius 2 is 0.755 bits per heavy atom. The van der Waals surface area contributed by atoms with Crippen LogP contribution < -0.4 is 0 Å². The van der Waals surface area contributed by atoms with Crippen molar-refractivity contribution < 1.29 is 0 Å². The van der Waals surface area contributed by atoms with Gasteiger partial charge >= 0.3 is 0 Å². The first-order chi connectivity index (χ1) is 26.3. The molecule has 0 saturated heterocycles. The second kappa shape index (κ2) is 11.8. The molecule has 0 bridgehead atoms. The van der Waals surface area contributed by atoms with E-state index in [1.54, 1.807) is 0 Å². The lowest BCUT2D eigenvalue weighted by atomic mass is 9.91. The number of hydrogen-bond donors (Lipinski definition) is 0. The highest BCUT2D eigenvalue weighted by atomic mass is 15.0. The number of fused-ring (bicyclic) bond motifs is 10. The quantitative estimate of drug-likeness (QED) is 0.164. The van der Waals surface area contributed by atoms with Crippen LogP contribution in [0.5, 0.6) is 0 Å². The molecule has 11 aromatic rings. The van der Waals surface area contributed by atoms with Crippen LogP contribution in [-0.2, 0) is 0 Å². The molecule has 0 radical (unpaired) electrons. The van der Waals surface area contributed by atoms with Gasteiger partial charge in [-0.1, -0.05) is 170 Å². The number of nitrogens with zero attached hydrogens (tertiary/aromatic N) is 1. The SMILES string of the molecule is c1ccc(-c2ccc(-n3c4ccc5ccccc5c4c4c5ccccc5c(-c5ccc(-c6cc7ccccc7c7ccccc67)cc5)cc43)cc2)cc1. The van der Waals surface area contributed by atoms with E-state index in [1.165, 1.54) is 98.3 Å². The van der Waals surface area contributed by atoms with Gasteiger partial charge in [0.25, 0.3) is 0 Å². The molecule has 0 atom stereocenters. The molecular weight excluding hydrogens is 639 g/mol. The Morgan fingerprint density at radius 3 is 1.47 bits per heavy atom. The third kappa shape index (κ3) is 4.64. The second-order valence-electron chi connectivity index (χ2n) is 14.1. The van der Waals surface area contributed by atoms with Gasteiger partial charge in [0.2, 0.25) is 0 Å². The van der Waals surface area contributed by atoms with Crippen molar-refractivity contribution in [2.75, 3.05) is 0 Å². The zero-order valence-corrected chi connectivity index (χ0v) is 29.0. The Labute approximate surface area is 307 Å². The van der Waals surface area contributed by atoms with Crippen LogP contribution in [0.15, 0.2) is 200 Å². The first kappa shape index (κ1) is 29.7. The molecule has 246 valence electrons. The summed E-state index contributed by atoms with van der Waals surface area (Å²) >= 11 is 0. The maximum atomic E-state index is 2.47. The third-order valence-corrected chi connectivity index (χ3v) is 11.2. The Bertz CT molecular complexity index is 3190. The number of hydrogen-bond acceptors (Lipinski definition) is 0. The molecule has 1 aromatic heterocycles. The summed E-state index contributed by atoms with van der Waals surface area (Å²) in [4.78, 5) is 0. The highest BCUT2D eigenvalue weighted by Crippen LogP contribution is 2.44. The van der Waals surface area contributed by atoms with Crippen LogP contribution in [0.25, 0.3) is 104 Å². The molecule has 0 aliphatic heterocycles. The number of rotatable bonds is 4. The highest BCUT2D eigenvalue weighted by Gasteiger charge is 2.20. The fourth-order valence-electron chi connectivity index (χ4n) is 8.71. The van der Waals surface area contributed by atoms with E-state index in [9.17, 15) is 0 Å². The standard InChI is InChI=1S/C52H33N/c1-2-12-34(13-3-1)35-26-29-40(30-27-35)53-49-31-28-36-14-4-7-17-42(36)51(49)52-46-21-11-10-20-45(46)48(33-50(52)53)38-24-22-37(23-25-38)47-32-39-15-5-6-16-41(39)43-18-8-9-19-44(43)47/h1-33H. The Kier molecular flexibility index (Phi) is 6.62. The number of aromatic nitrogens is 1. The van der Waals surface area contributed by atoms with Crippen LogP contribution in [0.2, 0.25) is 0 Å². The predicted octanol–water partition coefficient (Wildman–Crippen LogP) is 14.4. The molecule has 0 fully saturated rings. The monoisotopic (exact) mass is 671 g/mol. The smallest absolute Gasteiger partial charge is 0.0553 e. The van der Waals surface area contributed by atoms with E-state index < -0.39 is 0 Å². The maximum absolute atomic E-state index is 2.47. The van der Waals surface area contributed by atoms with E-state index in [0.29, 0.717) is 0 Å². The van der Waals surface area contributed by atoms with Crippen molar-refractivity contribution >= 4 is 64.9 Å². The Balaban J connectivity index is 1.15. The summed E-state index contributed by atoms with van der Waals surface area (Å²) in [6.07, 6.45) is 0. The molecule has 1 heteroatoms. The van der Waals surface area contributed by atoms with Crippen molar-refractivity contribution in [2.24, 2.45) is 0 Å². The first-order valence-corrected chi connectivity index (χ1v) is 18.3. The van der Waals surface area contributed by atoms with E-state index in [0.717, 1.165) is 5.69 Å². The minimum atomic E-state index is 1.15. The molecule has 0 amide bonds. The molecule has 0 spiro atoms. The van der Waals surface area contributed by atoms with Gasteiger partial charge in [0, 0.05) is 16.5 Å². The lowest BCUT2D eigenvalue weighted by Crippen LogP contribution is -1.94. The number of benzene rings is 10. The summed E-state index contributed by atoms with van der Waals surface area (Å²) in [6.45, 7) is 0. The van der Waals surface area contributed by atoms with Crippen molar-refractivity contribution in [3.05, 3.63) is 200 Å². The average Bonchev–Trinajstić information content (AvgIpc) is 3.58. The summed E-state index contributed by atoms with van der Waals surface area (Å²) in [7, 11) is 0. The van der Waals surface area contributed by atoms with Crippen molar-refractivity contribution in [3.63, 3.8) is 0 Å². The topological polar surface area (TPSA) is 4.93 Å². The summed E-state index contributed by atoms with van der Waals surface area (Å²) in [6, 6.07) is 73.5. The zero-order chi connectivity index (χ0) is 34.9. The molecule has 1 nitrogen and oxygen atoms in total. The van der Waals surface area contributed by atoms with Gasteiger partial charge in [0.05, 0.1) is 11.0 Å². The van der Waals surface area contributed by atoms with E-state index in [1.807, 2.05) is 0 Å². The third-order valence-electron chi connectivity index (χ3n) is 11.2. The maximum Gasteiger partial charge on any atom is 0.0553 e. The summed E-state index contributed by atoms with van der Waals surface area (Å²) < 4.78 is 2.47. The summed E-state index contributed by atoms with van der Waals surface area (Å²) in [5.74, 6) is 0. The predicted molar refractivity (Wildman–Crippen MR) is 227 cm³/mol. The average molecular weight is 672 g/mol. The highest BCUT2D eigenvalue weighted by molar-refractivity contribution is 6.30. The van der Waals surface area contributed by atoms with Gasteiger partial charge in [-0.25, -0.2) is 0 Å². The van der Waals surface area contributed by atoms with Gasteiger partial charge in [-0.2, -0.15) is 0 Å². The fourth-order valence-corrected chi connectivity index (χ4v) is 8.71. The van der Waals surface area contributed by atoms with Crippen LogP contribution in [-0.4, -0.2) is 4.57 Å². The molecule has 0 N–H and O–H groups in total. The van der Waals surface area contributed by atoms with E-state index in [-0.39, 0.29) is 0 Å². The summed E-state index contributed by atoms with van der Waals surface area (Å²) in [5.41, 5.74) is 10.9. The molecule has 0 saturated carbocycles. The molecule has 11 rings (SSSR count). The van der Waals surface area contributed by atoms with Crippen LogP contribution in [0.1, 0.15) is 0 Å². The minimum Gasteiger partial charge on any atom is -0.309 e. The molecule has 0 unspecified atom stereocenters. The molecule has 0 aliphatic rings. The zero-order valence-electron chi connectivity index (χ0n) is 29.0. The molecule has 0 aliphatic carbocycles. The second-order valence-corrected chi connectivity index (χ2v) is 14.1. The van der Waals surface area contributed by atoms with Gasteiger partial charge < -0.3 is 4.57 Å². The van der Waals surface area contributed by atoms with Crippen molar-refractivity contribution in [1.82, 2.24) is 4.57 Å². The lowest BCUT2D eigenvalue weighted by Gasteiger charge is -2.14. The Hall–Kier alpha value is -6.96. The van der Waals surface area contributed by atoms with Crippen molar-refractivity contribution in [2.45, 2.75) is 0 Å². The minimum absolute atomic E-state index is 1.15. The molecule has 10 aromatic carbocycles. The first-order valence-electron chi connectivity index (χ1n) is 18.3. The lowest BCUT2D eigenvalue weighted by molar-refractivity contribution is 1.18. The van der Waals surface area contributed by atoms with Crippen LogP contribution in [0, 0.1) is 0 Å². The van der Waals surface area contributed by atoms with Crippen molar-refractivity contribution in [1.29, 1.82) is 0 Å². The van der Waals surface area contributed by atoms with Crippen molar-refractivity contribution in [3.8, 4) is 39.1 Å². The van der Waals surface area contributed by atoms with Gasteiger partial charge in [-0.3, -0.25) is 0 Å². The fraction of sp³-hybridized carbons (Fsp3) is 0. The molecular formula is C52H33N. The van der Waals surface area contributed by atoms with Crippen LogP contribution in [0.4, 0.5) is 0 Å². The van der Waals surface area contributed by atoms with Crippen LogP contribution in [0.3, 0.4) is 0 Å². The summed E-state index contributed by atoms with van der Waals surface area (Å²) in [5, 5.41) is 12.8. The van der Waals surface area contributed by atoms with E-state index in [4.69, 9.17) is 0 Å². The van der Waals surface area contributed by atoms with Crippen LogP contribution >= 0.6 is 0 Å². The van der Waals surface area contributed by atoms with E-state index in [2.05, 4.69) is 205 Å². The van der Waals surface area contributed by atoms with Gasteiger partial charge in [-0.05, 0) is 107 Å². The van der Waals surface area contributed by atoms with Gasteiger partial charge in [-0.15, -0.1) is 0 Å². The largest absolute Gasteiger partial charge is 0.309 e. The van der Waals surface area contributed by atoms with E-state index >= 15 is 0 Å². The molecule has 53 heavy (non-hydrogen) atoms. The van der Waals surface area contributed by atoms with Gasteiger partial charge in [0.15, 0.2) is 0 Å². The normalized spacial score (nSPS) is 11.8. The van der Waals surface area contributed by atoms with Gasteiger partial charge in [0.1, 0.15) is 0 Å².